The van der Waals surface area contributed by atoms with Crippen molar-refractivity contribution >= 4 is 46.6 Å². The van der Waals surface area contributed by atoms with E-state index in [9.17, 15) is 9.00 Å². The average Bonchev–Trinajstić information content (AvgIpc) is 2.50. The van der Waals surface area contributed by atoms with Crippen LogP contribution >= 0.6 is 24.0 Å². The number of aliphatic imine (C=N–C) groups is 1. The van der Waals surface area contributed by atoms with E-state index in [-0.39, 0.29) is 40.7 Å². The van der Waals surface area contributed by atoms with E-state index in [2.05, 4.69) is 25.4 Å². The lowest BCUT2D eigenvalue weighted by Gasteiger charge is -2.36. The summed E-state index contributed by atoms with van der Waals surface area (Å²) in [5.41, 5.74) is 0. The van der Waals surface area contributed by atoms with Crippen LogP contribution in [0.4, 0.5) is 0 Å². The van der Waals surface area contributed by atoms with Gasteiger partial charge in [-0.3, -0.25) is 18.9 Å². The minimum absolute atomic E-state index is 0. The van der Waals surface area contributed by atoms with E-state index in [1.165, 1.54) is 0 Å². The Hall–Kier alpha value is -0.420. The van der Waals surface area contributed by atoms with E-state index < -0.39 is 10.8 Å². The highest BCUT2D eigenvalue weighted by atomic mass is 127. The molecule has 1 aliphatic rings. The van der Waals surface area contributed by atoms with Crippen molar-refractivity contribution in [2.24, 2.45) is 4.99 Å². The van der Waals surface area contributed by atoms with Gasteiger partial charge in [-0.2, -0.15) is 0 Å². The Labute approximate surface area is 178 Å². The number of guanidine groups is 1. The van der Waals surface area contributed by atoms with Crippen LogP contribution in [0.15, 0.2) is 4.99 Å². The highest BCUT2D eigenvalue weighted by Crippen LogP contribution is 2.10. The molecule has 0 radical (unpaired) electrons. The number of nitrogens with one attached hydrogen (secondary N) is 2. The number of piperazine rings is 1. The van der Waals surface area contributed by atoms with Crippen molar-refractivity contribution in [3.05, 3.63) is 0 Å². The number of hydrogen-bond acceptors (Lipinski definition) is 4. The van der Waals surface area contributed by atoms with Gasteiger partial charge in [0.1, 0.15) is 0 Å². The Morgan fingerprint density at radius 1 is 1.19 bits per heavy atom. The van der Waals surface area contributed by atoms with Crippen LogP contribution in [0.1, 0.15) is 34.6 Å². The number of carbonyl (C=O) groups excluding carboxylic acids is 1. The summed E-state index contributed by atoms with van der Waals surface area (Å²) in [6, 6.07) is 0.176. The fraction of sp³-hybridized carbons (Fsp3) is 0.882. The van der Waals surface area contributed by atoms with Crippen molar-refractivity contribution in [1.29, 1.82) is 0 Å². The minimum Gasteiger partial charge on any atom is -0.355 e. The molecule has 1 unspecified atom stereocenters. The zero-order chi connectivity index (χ0) is 19.0. The highest BCUT2D eigenvalue weighted by molar-refractivity contribution is 14.0. The summed E-state index contributed by atoms with van der Waals surface area (Å²) >= 11 is 0. The van der Waals surface area contributed by atoms with Gasteiger partial charge in [0.05, 0.1) is 6.54 Å². The highest BCUT2D eigenvalue weighted by Gasteiger charge is 2.22. The molecule has 0 aromatic carbocycles. The Morgan fingerprint density at radius 2 is 1.77 bits per heavy atom. The van der Waals surface area contributed by atoms with Crippen LogP contribution in [0.3, 0.4) is 0 Å². The van der Waals surface area contributed by atoms with Gasteiger partial charge >= 0.3 is 0 Å². The van der Waals surface area contributed by atoms with Crippen molar-refractivity contribution in [3.8, 4) is 0 Å². The Balaban J connectivity index is 0.00000625. The summed E-state index contributed by atoms with van der Waals surface area (Å²) in [7, 11) is 0.902. The lowest BCUT2D eigenvalue weighted by molar-refractivity contribution is -0.123. The molecule has 0 spiro atoms. The SMILES string of the molecule is CN=C(NCCS(=O)C(C)(C)C)N1CCN(CC(=O)NC(C)C)CC1.I. The van der Waals surface area contributed by atoms with E-state index in [0.717, 1.165) is 32.1 Å². The van der Waals surface area contributed by atoms with Gasteiger partial charge < -0.3 is 15.5 Å². The first-order chi connectivity index (χ1) is 11.6. The summed E-state index contributed by atoms with van der Waals surface area (Å²) in [5.74, 6) is 1.53. The maximum atomic E-state index is 12.1. The molecule has 1 heterocycles. The largest absolute Gasteiger partial charge is 0.355 e. The van der Waals surface area contributed by atoms with Crippen molar-refractivity contribution < 1.29 is 9.00 Å². The zero-order valence-electron chi connectivity index (χ0n) is 17.0. The molecule has 0 saturated carbocycles. The molecule has 1 aliphatic heterocycles. The molecular formula is C17H36IN5O2S. The molecule has 0 aromatic rings. The fourth-order valence-electron chi connectivity index (χ4n) is 2.58. The third-order valence-electron chi connectivity index (χ3n) is 3.95. The first kappa shape index (κ1) is 25.6. The van der Waals surface area contributed by atoms with Gasteiger partial charge in [-0.15, -0.1) is 24.0 Å². The summed E-state index contributed by atoms with van der Waals surface area (Å²) < 4.78 is 11.9. The maximum absolute atomic E-state index is 12.1. The number of hydrogen-bond donors (Lipinski definition) is 2. The third-order valence-corrected chi connectivity index (χ3v) is 5.90. The lowest BCUT2D eigenvalue weighted by atomic mass is 10.3. The number of halogens is 1. The number of nitrogens with zero attached hydrogens (tertiary/aromatic N) is 3. The predicted molar refractivity (Wildman–Crippen MR) is 121 cm³/mol. The quantitative estimate of drug-likeness (QED) is 0.321. The van der Waals surface area contributed by atoms with Crippen LogP contribution in [-0.4, -0.2) is 88.7 Å². The number of amides is 1. The molecule has 1 amide bonds. The zero-order valence-corrected chi connectivity index (χ0v) is 20.1. The van der Waals surface area contributed by atoms with Gasteiger partial charge in [-0.05, 0) is 34.6 Å². The van der Waals surface area contributed by atoms with Crippen LogP contribution in [0.25, 0.3) is 0 Å². The van der Waals surface area contributed by atoms with Crippen LogP contribution in [-0.2, 0) is 15.6 Å². The molecule has 154 valence electrons. The Kier molecular flexibility index (Phi) is 11.9. The number of rotatable bonds is 6. The van der Waals surface area contributed by atoms with E-state index in [1.807, 2.05) is 34.6 Å². The second kappa shape index (κ2) is 12.1. The second-order valence-electron chi connectivity index (χ2n) is 7.62. The lowest BCUT2D eigenvalue weighted by Crippen LogP contribution is -2.54. The molecule has 2 N–H and O–H groups in total. The van der Waals surface area contributed by atoms with Crippen LogP contribution in [0, 0.1) is 0 Å². The monoisotopic (exact) mass is 501 g/mol. The fourth-order valence-corrected chi connectivity index (χ4v) is 3.48. The van der Waals surface area contributed by atoms with E-state index in [0.29, 0.717) is 18.8 Å². The maximum Gasteiger partial charge on any atom is 0.234 e. The molecular weight excluding hydrogens is 465 g/mol. The molecule has 1 fully saturated rings. The Morgan fingerprint density at radius 3 is 2.23 bits per heavy atom. The first-order valence-electron chi connectivity index (χ1n) is 8.99. The van der Waals surface area contributed by atoms with Gasteiger partial charge in [-0.25, -0.2) is 0 Å². The molecule has 0 bridgehead atoms. The summed E-state index contributed by atoms with van der Waals surface area (Å²) in [4.78, 5) is 20.5. The summed E-state index contributed by atoms with van der Waals surface area (Å²) in [6.07, 6.45) is 0. The topological polar surface area (TPSA) is 77.0 Å². The van der Waals surface area contributed by atoms with Crippen LogP contribution < -0.4 is 10.6 Å². The normalized spacial score (nSPS) is 17.7. The van der Waals surface area contributed by atoms with Gasteiger partial charge in [-0.1, -0.05) is 0 Å². The predicted octanol–water partition coefficient (Wildman–Crippen LogP) is 0.869. The molecule has 0 aromatic heterocycles. The first-order valence-corrected chi connectivity index (χ1v) is 10.3. The average molecular weight is 501 g/mol. The standard InChI is InChI=1S/C17H35N5O2S.HI/c1-14(2)20-15(23)13-21-8-10-22(11-9-21)16(18-6)19-7-12-25(24)17(3,4)5;/h14H,7-13H2,1-6H3,(H,18,19)(H,20,23);1H. The van der Waals surface area contributed by atoms with Gasteiger partial charge in [0.25, 0.3) is 0 Å². The smallest absolute Gasteiger partial charge is 0.234 e. The molecule has 1 atom stereocenters. The summed E-state index contributed by atoms with van der Waals surface area (Å²) in [6.45, 7) is 14.3. The van der Waals surface area contributed by atoms with E-state index in [1.54, 1.807) is 7.05 Å². The van der Waals surface area contributed by atoms with Crippen molar-refractivity contribution in [3.63, 3.8) is 0 Å². The van der Waals surface area contributed by atoms with E-state index >= 15 is 0 Å². The van der Waals surface area contributed by atoms with E-state index in [4.69, 9.17) is 0 Å². The van der Waals surface area contributed by atoms with Crippen molar-refractivity contribution in [1.82, 2.24) is 20.4 Å². The van der Waals surface area contributed by atoms with Gasteiger partial charge in [0.2, 0.25) is 5.91 Å². The van der Waals surface area contributed by atoms with Gasteiger partial charge in [0.15, 0.2) is 5.96 Å². The number of carbonyl (C=O) groups is 1. The van der Waals surface area contributed by atoms with Crippen molar-refractivity contribution in [2.75, 3.05) is 52.1 Å². The molecule has 9 heteroatoms. The van der Waals surface area contributed by atoms with Crippen molar-refractivity contribution in [2.45, 2.75) is 45.4 Å². The molecule has 7 nitrogen and oxygen atoms in total. The molecule has 0 aliphatic carbocycles. The molecule has 26 heavy (non-hydrogen) atoms. The Bertz CT molecular complexity index is 486. The van der Waals surface area contributed by atoms with Crippen LogP contribution in [0.2, 0.25) is 0 Å². The second-order valence-corrected chi connectivity index (χ2v) is 9.95. The summed E-state index contributed by atoms with van der Waals surface area (Å²) in [5, 5.41) is 6.24. The van der Waals surface area contributed by atoms with Gasteiger partial charge in [0, 0.05) is 67.1 Å². The molecule has 1 rings (SSSR count). The third kappa shape index (κ3) is 9.50. The minimum atomic E-state index is -0.867. The van der Waals surface area contributed by atoms with Crippen LogP contribution in [0.5, 0.6) is 0 Å². The molecule has 1 saturated heterocycles.